The van der Waals surface area contributed by atoms with Gasteiger partial charge in [0.25, 0.3) is 23.3 Å². The first-order chi connectivity index (χ1) is 33.8. The van der Waals surface area contributed by atoms with Crippen LogP contribution in [-0.4, -0.2) is 117 Å². The number of aromatic amines is 1. The number of fused-ring (bicyclic) bond motifs is 2. The number of amides is 6. The summed E-state index contributed by atoms with van der Waals surface area (Å²) in [6.07, 6.45) is 10.1. The molecule has 2 aromatic carbocycles. The number of carbonyl (C=O) groups is 6. The van der Waals surface area contributed by atoms with Gasteiger partial charge in [0.15, 0.2) is 0 Å². The lowest BCUT2D eigenvalue weighted by atomic mass is 10.0. The van der Waals surface area contributed by atoms with Gasteiger partial charge in [-0.2, -0.15) is 5.10 Å². The Morgan fingerprint density at radius 2 is 1.59 bits per heavy atom. The van der Waals surface area contributed by atoms with Gasteiger partial charge in [0.1, 0.15) is 11.9 Å². The Kier molecular flexibility index (Phi) is 15.5. The molecule has 5 aromatic rings. The molecule has 18 heteroatoms. The number of nitrogens with one attached hydrogen (secondary N) is 5. The van der Waals surface area contributed by atoms with E-state index in [-0.39, 0.29) is 53.9 Å². The molecule has 1 atom stereocenters. The van der Waals surface area contributed by atoms with Crippen molar-refractivity contribution in [3.63, 3.8) is 0 Å². The third-order valence-corrected chi connectivity index (χ3v) is 13.5. The van der Waals surface area contributed by atoms with E-state index in [0.717, 1.165) is 109 Å². The Morgan fingerprint density at radius 1 is 0.829 bits per heavy atom. The first-order valence-electron chi connectivity index (χ1n) is 24.5. The van der Waals surface area contributed by atoms with E-state index in [1.807, 2.05) is 68.9 Å². The van der Waals surface area contributed by atoms with E-state index in [9.17, 15) is 33.6 Å². The zero-order chi connectivity index (χ0) is 49.5. The zero-order valence-electron chi connectivity index (χ0n) is 40.5. The van der Waals surface area contributed by atoms with Crippen LogP contribution in [0.5, 0.6) is 0 Å². The smallest absolute Gasteiger partial charge is 0.264 e. The van der Waals surface area contributed by atoms with Crippen LogP contribution in [0.3, 0.4) is 0 Å². The lowest BCUT2D eigenvalue weighted by molar-refractivity contribution is -0.136. The molecule has 3 aromatic heterocycles. The first kappa shape index (κ1) is 49.2. The Hall–Kier alpha value is -7.21. The summed E-state index contributed by atoms with van der Waals surface area (Å²) in [5.74, 6) is -1.42. The molecule has 6 heterocycles. The van der Waals surface area contributed by atoms with Gasteiger partial charge in [-0.25, -0.2) is 4.98 Å². The third kappa shape index (κ3) is 11.1. The van der Waals surface area contributed by atoms with Crippen LogP contribution in [-0.2, 0) is 20.9 Å². The number of pyridine rings is 2. The highest BCUT2D eigenvalue weighted by Crippen LogP contribution is 2.33. The van der Waals surface area contributed by atoms with Crippen molar-refractivity contribution >= 4 is 57.9 Å². The topological polar surface area (TPSA) is 224 Å². The molecule has 0 radical (unpaired) electrons. The molecule has 2 fully saturated rings. The van der Waals surface area contributed by atoms with E-state index >= 15 is 0 Å². The Labute approximate surface area is 407 Å². The number of aromatic nitrogens is 4. The third-order valence-electron chi connectivity index (χ3n) is 13.5. The number of hydrogen-bond donors (Lipinski definition) is 5. The molecule has 0 spiro atoms. The van der Waals surface area contributed by atoms with Crippen molar-refractivity contribution in [2.75, 3.05) is 56.0 Å². The summed E-state index contributed by atoms with van der Waals surface area (Å²) in [5.41, 5.74) is 6.02. The number of hydrogen-bond acceptors (Lipinski definition) is 12. The average Bonchev–Trinajstić information content (AvgIpc) is 3.89. The SMILES string of the molecule is Cc1cc(C)c(CNC(=O)c2cc(-c3ccc(N4CCN(CCC(=O)NCCCCCCCCNc5cccc6c5C(=O)N(C5CCC(=O)NC5=O)C6=O)CC4)nc3)cc3c2cnn3C(C)C)c(=O)[nH]1. The van der Waals surface area contributed by atoms with Gasteiger partial charge in [-0.1, -0.05) is 31.7 Å². The number of piperazine rings is 1. The highest BCUT2D eigenvalue weighted by atomic mass is 16.2. The number of carbonyl (C=O) groups excluding carboxylic acids is 6. The number of imide groups is 2. The standard InChI is InChI=1S/C52H63N11O7/c1-32(2)63-43-28-36(27-38(40(43)31-57-63)48(66)56-30-39-33(3)26-34(4)58-49(39)67)35-14-16-44(55-29-35)61-24-22-60(23-25-61)21-18-45(64)54-20-10-8-6-5-7-9-19-53-41-13-11-12-37-47(41)52(70)62(51(37)69)42-15-17-46(65)59-50(42)68/h11-14,16,26-29,31-32,42,53H,5-10,15,17-25,30H2,1-4H3,(H,54,64)(H,56,66)(H,58,67)(H,59,65,68). The molecule has 70 heavy (non-hydrogen) atoms. The number of rotatable bonds is 20. The van der Waals surface area contributed by atoms with Crippen molar-refractivity contribution in [1.82, 2.24) is 45.5 Å². The number of unbranched alkanes of at least 4 members (excludes halogenated alkanes) is 5. The van der Waals surface area contributed by atoms with Crippen molar-refractivity contribution in [1.29, 1.82) is 0 Å². The first-order valence-corrected chi connectivity index (χ1v) is 24.5. The van der Waals surface area contributed by atoms with Gasteiger partial charge in [0.05, 0.1) is 28.4 Å². The monoisotopic (exact) mass is 953 g/mol. The van der Waals surface area contributed by atoms with E-state index < -0.39 is 29.7 Å². The molecule has 3 aliphatic heterocycles. The highest BCUT2D eigenvalue weighted by molar-refractivity contribution is 6.25. The molecule has 8 rings (SSSR count). The van der Waals surface area contributed by atoms with Crippen molar-refractivity contribution in [2.24, 2.45) is 0 Å². The quantitative estimate of drug-likeness (QED) is 0.0489. The normalized spacial score (nSPS) is 16.3. The lowest BCUT2D eigenvalue weighted by Gasteiger charge is -2.35. The van der Waals surface area contributed by atoms with Crippen LogP contribution in [0, 0.1) is 13.8 Å². The molecule has 5 N–H and O–H groups in total. The van der Waals surface area contributed by atoms with Crippen molar-refractivity contribution in [2.45, 2.75) is 104 Å². The van der Waals surface area contributed by atoms with Gasteiger partial charge in [-0.05, 0) is 101 Å². The number of aryl methyl sites for hydroxylation is 2. The van der Waals surface area contributed by atoms with Crippen LogP contribution in [0.1, 0.15) is 126 Å². The van der Waals surface area contributed by atoms with E-state index in [1.54, 1.807) is 24.4 Å². The Bertz CT molecular complexity index is 2850. The molecule has 2 saturated heterocycles. The summed E-state index contributed by atoms with van der Waals surface area (Å²) in [5, 5.41) is 16.9. The fourth-order valence-electron chi connectivity index (χ4n) is 9.64. The highest BCUT2D eigenvalue weighted by Gasteiger charge is 2.45. The number of H-pyrrole nitrogens is 1. The van der Waals surface area contributed by atoms with E-state index in [1.165, 1.54) is 0 Å². The molecule has 6 amide bonds. The fraction of sp³-hybridized carbons (Fsp3) is 0.442. The fourth-order valence-corrected chi connectivity index (χ4v) is 9.64. The molecule has 3 aliphatic rings. The molecule has 0 saturated carbocycles. The van der Waals surface area contributed by atoms with Crippen LogP contribution in [0.2, 0.25) is 0 Å². The van der Waals surface area contributed by atoms with Gasteiger partial charge in [0.2, 0.25) is 17.7 Å². The summed E-state index contributed by atoms with van der Waals surface area (Å²) >= 11 is 0. The van der Waals surface area contributed by atoms with Crippen molar-refractivity contribution in [3.05, 3.63) is 105 Å². The Balaban J connectivity index is 0.718. The average molecular weight is 954 g/mol. The van der Waals surface area contributed by atoms with Gasteiger partial charge in [0, 0.05) is 105 Å². The van der Waals surface area contributed by atoms with E-state index in [0.29, 0.717) is 42.9 Å². The number of benzene rings is 2. The largest absolute Gasteiger partial charge is 0.384 e. The molecule has 0 bridgehead atoms. The number of nitrogens with zero attached hydrogens (tertiary/aromatic N) is 6. The lowest BCUT2D eigenvalue weighted by Crippen LogP contribution is -2.54. The molecular weight excluding hydrogens is 891 g/mol. The summed E-state index contributed by atoms with van der Waals surface area (Å²) < 4.78 is 1.91. The van der Waals surface area contributed by atoms with Crippen molar-refractivity contribution < 1.29 is 28.8 Å². The van der Waals surface area contributed by atoms with Crippen LogP contribution < -0.4 is 31.7 Å². The van der Waals surface area contributed by atoms with Crippen LogP contribution in [0.15, 0.2) is 65.7 Å². The van der Waals surface area contributed by atoms with Gasteiger partial charge < -0.3 is 25.8 Å². The second kappa shape index (κ2) is 22.0. The molecule has 1 unspecified atom stereocenters. The predicted octanol–water partition coefficient (Wildman–Crippen LogP) is 5.40. The summed E-state index contributed by atoms with van der Waals surface area (Å²) in [6, 6.07) is 14.0. The number of anilines is 2. The van der Waals surface area contributed by atoms with Crippen LogP contribution in [0.25, 0.3) is 22.0 Å². The maximum absolute atomic E-state index is 13.7. The second-order valence-electron chi connectivity index (χ2n) is 18.8. The summed E-state index contributed by atoms with van der Waals surface area (Å²) in [6.45, 7) is 13.1. The van der Waals surface area contributed by atoms with Gasteiger partial charge in [-0.3, -0.25) is 53.4 Å². The van der Waals surface area contributed by atoms with Crippen LogP contribution in [0.4, 0.5) is 11.5 Å². The summed E-state index contributed by atoms with van der Waals surface area (Å²) in [7, 11) is 0. The number of piperidine rings is 1. The maximum atomic E-state index is 13.7. The van der Waals surface area contributed by atoms with E-state index in [4.69, 9.17) is 4.98 Å². The molecule has 0 aliphatic carbocycles. The minimum Gasteiger partial charge on any atom is -0.384 e. The molecule has 18 nitrogen and oxygen atoms in total. The second-order valence-corrected chi connectivity index (χ2v) is 18.8. The van der Waals surface area contributed by atoms with E-state index in [2.05, 4.69) is 41.1 Å². The zero-order valence-corrected chi connectivity index (χ0v) is 40.5. The molecular formula is C52H63N11O7. The summed E-state index contributed by atoms with van der Waals surface area (Å²) in [4.78, 5) is 103. The van der Waals surface area contributed by atoms with Gasteiger partial charge in [-0.15, -0.1) is 0 Å². The predicted molar refractivity (Wildman–Crippen MR) is 267 cm³/mol. The van der Waals surface area contributed by atoms with Gasteiger partial charge >= 0.3 is 0 Å². The van der Waals surface area contributed by atoms with Crippen molar-refractivity contribution in [3.8, 4) is 11.1 Å². The maximum Gasteiger partial charge on any atom is 0.264 e. The minimum absolute atomic E-state index is 0.0606. The molecule has 368 valence electrons. The van der Waals surface area contributed by atoms with Crippen LogP contribution >= 0.6 is 0 Å². The Morgan fingerprint density at radius 3 is 2.30 bits per heavy atom. The minimum atomic E-state index is -0.994.